The van der Waals surface area contributed by atoms with Crippen LogP contribution in [-0.2, 0) is 19.6 Å². The normalized spacial score (nSPS) is 11.6. The lowest BCUT2D eigenvalue weighted by Crippen LogP contribution is -2.22. The second-order valence-electron chi connectivity index (χ2n) is 7.97. The third-order valence-electron chi connectivity index (χ3n) is 4.78. The summed E-state index contributed by atoms with van der Waals surface area (Å²) in [5, 5.41) is 18.1. The standard InChI is InChI=1S/C22H28N2O6S/c1-12(2)15-8-17(13(3)4)21(26)18(9-15)22(27)30-11-20(25)24-16-7-6-14(5)19(10-16)31(23,28)29/h6-10,12-13,26H,11H2,1-5H3,(H,24,25)(H2,23,28,29). The third kappa shape index (κ3) is 6.05. The highest BCUT2D eigenvalue weighted by Crippen LogP contribution is 2.33. The van der Waals surface area contributed by atoms with Crippen molar-refractivity contribution in [1.82, 2.24) is 0 Å². The number of benzene rings is 2. The number of primary sulfonamides is 1. The number of phenols is 1. The predicted molar refractivity (Wildman–Crippen MR) is 118 cm³/mol. The number of sulfonamides is 1. The number of esters is 1. The molecule has 0 aliphatic carbocycles. The number of hydrogen-bond acceptors (Lipinski definition) is 6. The molecule has 0 aromatic heterocycles. The third-order valence-corrected chi connectivity index (χ3v) is 5.84. The van der Waals surface area contributed by atoms with Crippen LogP contribution in [0.2, 0.25) is 0 Å². The van der Waals surface area contributed by atoms with Crippen molar-refractivity contribution in [2.75, 3.05) is 11.9 Å². The second kappa shape index (κ2) is 9.49. The topological polar surface area (TPSA) is 136 Å². The predicted octanol–water partition coefficient (Wildman–Crippen LogP) is 3.39. The van der Waals surface area contributed by atoms with E-state index in [0.29, 0.717) is 11.1 Å². The van der Waals surface area contributed by atoms with Crippen LogP contribution in [0.4, 0.5) is 5.69 Å². The zero-order valence-electron chi connectivity index (χ0n) is 18.2. The van der Waals surface area contributed by atoms with Gasteiger partial charge in [0, 0.05) is 5.69 Å². The summed E-state index contributed by atoms with van der Waals surface area (Å²) in [5.74, 6) is -1.54. The van der Waals surface area contributed by atoms with Crippen LogP contribution in [0.25, 0.3) is 0 Å². The Morgan fingerprint density at radius 3 is 2.29 bits per heavy atom. The molecule has 0 aliphatic heterocycles. The number of amides is 1. The largest absolute Gasteiger partial charge is 0.507 e. The Balaban J connectivity index is 2.15. The summed E-state index contributed by atoms with van der Waals surface area (Å²) in [5.41, 5.74) is 2.12. The molecule has 0 radical (unpaired) electrons. The smallest absolute Gasteiger partial charge is 0.342 e. The van der Waals surface area contributed by atoms with Crippen LogP contribution >= 0.6 is 0 Å². The number of anilines is 1. The van der Waals surface area contributed by atoms with E-state index in [-0.39, 0.29) is 33.7 Å². The van der Waals surface area contributed by atoms with E-state index in [4.69, 9.17) is 9.88 Å². The molecular weight excluding hydrogens is 420 g/mol. The Bertz CT molecular complexity index is 1110. The number of aromatic hydroxyl groups is 1. The van der Waals surface area contributed by atoms with Gasteiger partial charge in [-0.2, -0.15) is 0 Å². The number of carbonyl (C=O) groups is 2. The van der Waals surface area contributed by atoms with Gasteiger partial charge in [-0.15, -0.1) is 0 Å². The zero-order chi connectivity index (χ0) is 23.5. The molecule has 9 heteroatoms. The minimum Gasteiger partial charge on any atom is -0.507 e. The van der Waals surface area contributed by atoms with Crippen LogP contribution in [0.3, 0.4) is 0 Å². The highest BCUT2D eigenvalue weighted by atomic mass is 32.2. The molecule has 0 bridgehead atoms. The molecule has 0 fully saturated rings. The Kier molecular flexibility index (Phi) is 7.45. The first-order valence-electron chi connectivity index (χ1n) is 9.78. The lowest BCUT2D eigenvalue weighted by Gasteiger charge is -2.16. The molecule has 0 atom stereocenters. The molecule has 2 aromatic rings. The summed E-state index contributed by atoms with van der Waals surface area (Å²) >= 11 is 0. The van der Waals surface area contributed by atoms with Crippen molar-refractivity contribution in [1.29, 1.82) is 0 Å². The van der Waals surface area contributed by atoms with E-state index in [2.05, 4.69) is 5.32 Å². The average molecular weight is 449 g/mol. The molecule has 0 spiro atoms. The molecule has 0 heterocycles. The number of phenolic OH excluding ortho intramolecular Hbond substituents is 1. The molecule has 0 saturated carbocycles. The van der Waals surface area contributed by atoms with Crippen molar-refractivity contribution in [3.05, 3.63) is 52.6 Å². The molecule has 4 N–H and O–H groups in total. The van der Waals surface area contributed by atoms with Crippen LogP contribution in [-0.4, -0.2) is 32.0 Å². The number of nitrogens with one attached hydrogen (secondary N) is 1. The lowest BCUT2D eigenvalue weighted by molar-refractivity contribution is -0.119. The minimum atomic E-state index is -3.95. The highest BCUT2D eigenvalue weighted by Gasteiger charge is 2.21. The van der Waals surface area contributed by atoms with Crippen molar-refractivity contribution in [2.45, 2.75) is 51.3 Å². The lowest BCUT2D eigenvalue weighted by atomic mass is 9.92. The van der Waals surface area contributed by atoms with Gasteiger partial charge in [0.1, 0.15) is 11.3 Å². The van der Waals surface area contributed by atoms with E-state index in [0.717, 1.165) is 5.56 Å². The van der Waals surface area contributed by atoms with E-state index in [1.807, 2.05) is 33.8 Å². The van der Waals surface area contributed by atoms with Crippen LogP contribution in [0.1, 0.15) is 66.6 Å². The van der Waals surface area contributed by atoms with Gasteiger partial charge in [0.2, 0.25) is 10.0 Å². The fourth-order valence-corrected chi connectivity index (χ4v) is 3.81. The summed E-state index contributed by atoms with van der Waals surface area (Å²) in [6.45, 7) is 8.71. The van der Waals surface area contributed by atoms with Crippen LogP contribution in [0, 0.1) is 6.92 Å². The Morgan fingerprint density at radius 2 is 1.74 bits per heavy atom. The van der Waals surface area contributed by atoms with Crippen molar-refractivity contribution in [3.8, 4) is 5.75 Å². The Morgan fingerprint density at radius 1 is 1.10 bits per heavy atom. The van der Waals surface area contributed by atoms with Gasteiger partial charge in [0.15, 0.2) is 6.61 Å². The summed E-state index contributed by atoms with van der Waals surface area (Å²) in [4.78, 5) is 24.6. The molecule has 0 unspecified atom stereocenters. The summed E-state index contributed by atoms with van der Waals surface area (Å²) in [7, 11) is -3.95. The summed E-state index contributed by atoms with van der Waals surface area (Å²) in [6, 6.07) is 7.66. The fraction of sp³-hybridized carbons (Fsp3) is 0.364. The molecule has 31 heavy (non-hydrogen) atoms. The van der Waals surface area contributed by atoms with E-state index >= 15 is 0 Å². The molecule has 0 saturated heterocycles. The van der Waals surface area contributed by atoms with Gasteiger partial charge in [0.25, 0.3) is 5.91 Å². The van der Waals surface area contributed by atoms with Crippen LogP contribution in [0.5, 0.6) is 5.75 Å². The maximum atomic E-state index is 12.5. The van der Waals surface area contributed by atoms with Gasteiger partial charge < -0.3 is 15.2 Å². The van der Waals surface area contributed by atoms with E-state index in [9.17, 15) is 23.1 Å². The first-order chi connectivity index (χ1) is 14.3. The number of nitrogens with two attached hydrogens (primary N) is 1. The maximum absolute atomic E-state index is 12.5. The first kappa shape index (κ1) is 24.4. The van der Waals surface area contributed by atoms with Gasteiger partial charge in [-0.3, -0.25) is 4.79 Å². The number of aryl methyl sites for hydroxylation is 1. The minimum absolute atomic E-state index is 0.00505. The maximum Gasteiger partial charge on any atom is 0.342 e. The number of rotatable bonds is 7. The van der Waals surface area contributed by atoms with Crippen molar-refractivity contribution < 1.29 is 27.9 Å². The van der Waals surface area contributed by atoms with Gasteiger partial charge in [-0.05, 0) is 53.6 Å². The van der Waals surface area contributed by atoms with Gasteiger partial charge in [-0.25, -0.2) is 18.4 Å². The van der Waals surface area contributed by atoms with Crippen molar-refractivity contribution >= 4 is 27.6 Å². The fourth-order valence-electron chi connectivity index (χ4n) is 3.00. The summed E-state index contributed by atoms with van der Waals surface area (Å²) < 4.78 is 28.3. The zero-order valence-corrected chi connectivity index (χ0v) is 19.0. The second-order valence-corrected chi connectivity index (χ2v) is 9.50. The van der Waals surface area contributed by atoms with E-state index in [1.54, 1.807) is 13.0 Å². The first-order valence-corrected chi connectivity index (χ1v) is 11.3. The van der Waals surface area contributed by atoms with Gasteiger partial charge >= 0.3 is 5.97 Å². The number of carbonyl (C=O) groups excluding carboxylic acids is 2. The number of hydrogen-bond donors (Lipinski definition) is 3. The number of ether oxygens (including phenoxy) is 1. The molecular formula is C22H28N2O6S. The highest BCUT2D eigenvalue weighted by molar-refractivity contribution is 7.89. The van der Waals surface area contributed by atoms with E-state index in [1.165, 1.54) is 18.2 Å². The van der Waals surface area contributed by atoms with Crippen molar-refractivity contribution in [3.63, 3.8) is 0 Å². The van der Waals surface area contributed by atoms with Crippen molar-refractivity contribution in [2.24, 2.45) is 5.14 Å². The molecule has 8 nitrogen and oxygen atoms in total. The molecule has 1 amide bonds. The quantitative estimate of drug-likeness (QED) is 0.556. The Labute approximate surface area is 182 Å². The summed E-state index contributed by atoms with van der Waals surface area (Å²) in [6.07, 6.45) is 0. The molecule has 2 rings (SSSR count). The molecule has 2 aromatic carbocycles. The Hall–Kier alpha value is -2.91. The monoisotopic (exact) mass is 448 g/mol. The SMILES string of the molecule is Cc1ccc(NC(=O)COC(=O)c2cc(C(C)C)cc(C(C)C)c2O)cc1S(N)(=O)=O. The van der Waals surface area contributed by atoms with Gasteiger partial charge in [-0.1, -0.05) is 39.8 Å². The van der Waals surface area contributed by atoms with Crippen LogP contribution in [0.15, 0.2) is 35.2 Å². The van der Waals surface area contributed by atoms with Gasteiger partial charge in [0.05, 0.1) is 4.90 Å². The van der Waals surface area contributed by atoms with Crippen LogP contribution < -0.4 is 10.5 Å². The van der Waals surface area contributed by atoms with E-state index < -0.39 is 28.5 Å². The molecule has 0 aliphatic rings. The molecule has 168 valence electrons. The average Bonchev–Trinajstić information content (AvgIpc) is 2.66.